The van der Waals surface area contributed by atoms with Gasteiger partial charge in [-0.3, -0.25) is 4.90 Å². The predicted molar refractivity (Wildman–Crippen MR) is 141 cm³/mol. The van der Waals surface area contributed by atoms with Crippen LogP contribution in [0.25, 0.3) is 17.0 Å². The summed E-state index contributed by atoms with van der Waals surface area (Å²) in [5.74, 6) is 1.31. The number of ether oxygens (including phenoxy) is 1. The minimum atomic E-state index is -0.688. The highest BCUT2D eigenvalue weighted by atomic mass is 16.6. The number of anilines is 1. The topological polar surface area (TPSA) is 97.8 Å². The zero-order valence-corrected chi connectivity index (χ0v) is 22.4. The third-order valence-corrected chi connectivity index (χ3v) is 5.49. The van der Waals surface area contributed by atoms with Crippen molar-refractivity contribution in [2.45, 2.75) is 67.2 Å². The summed E-state index contributed by atoms with van der Waals surface area (Å²) in [7, 11) is 1.94. The Morgan fingerprint density at radius 2 is 1.89 bits per heavy atom. The summed E-state index contributed by atoms with van der Waals surface area (Å²) < 4.78 is 9.33. The van der Waals surface area contributed by atoms with Gasteiger partial charge in [-0.2, -0.15) is 9.61 Å². The lowest BCUT2D eigenvalue weighted by atomic mass is 10.1. The van der Waals surface area contributed by atoms with Crippen molar-refractivity contribution in [3.05, 3.63) is 65.2 Å². The molecule has 3 aromatic heterocycles. The number of fused-ring (bicyclic) bond motifs is 1. The second-order valence-electron chi connectivity index (χ2n) is 9.34. The normalized spacial score (nSPS) is 11.2. The standard InChI is InChI=1S/C25H30N6O3.C2H6/c1-16-17(2)28-31-21(13-20(15-32)27-22(16)31)30(24(33)34-25(3,4)5)14-18-8-7-9-19(12-18)23-26-10-11-29(23)6;1-2/h7-13,32H,14-15H2,1-6H3;1-2H3. The molecule has 1 N–H and O–H groups in total. The van der Waals surface area contributed by atoms with Crippen LogP contribution in [0.5, 0.6) is 0 Å². The number of aliphatic hydroxyl groups excluding tert-OH is 1. The van der Waals surface area contributed by atoms with E-state index in [2.05, 4.69) is 15.1 Å². The van der Waals surface area contributed by atoms with Gasteiger partial charge in [0.15, 0.2) is 5.65 Å². The second-order valence-corrected chi connectivity index (χ2v) is 9.34. The van der Waals surface area contributed by atoms with Gasteiger partial charge in [0.05, 0.1) is 24.5 Å². The van der Waals surface area contributed by atoms with Crippen molar-refractivity contribution in [2.75, 3.05) is 4.90 Å². The third kappa shape index (κ3) is 5.73. The molecular formula is C27H36N6O3. The van der Waals surface area contributed by atoms with Crippen LogP contribution >= 0.6 is 0 Å². The molecule has 0 saturated carbocycles. The number of benzene rings is 1. The number of aryl methyl sites for hydroxylation is 3. The molecule has 0 radical (unpaired) electrons. The molecule has 0 bridgehead atoms. The van der Waals surface area contributed by atoms with Crippen molar-refractivity contribution >= 4 is 17.6 Å². The number of rotatable bonds is 5. The summed E-state index contributed by atoms with van der Waals surface area (Å²) >= 11 is 0. The van der Waals surface area contributed by atoms with Gasteiger partial charge in [0, 0.05) is 36.6 Å². The van der Waals surface area contributed by atoms with Crippen LogP contribution in [-0.2, 0) is 24.9 Å². The minimum Gasteiger partial charge on any atom is -0.443 e. The van der Waals surface area contributed by atoms with Crippen molar-refractivity contribution in [3.8, 4) is 11.4 Å². The molecule has 0 unspecified atom stereocenters. The zero-order chi connectivity index (χ0) is 26.6. The summed E-state index contributed by atoms with van der Waals surface area (Å²) in [5, 5.41) is 14.5. The van der Waals surface area contributed by atoms with Crippen molar-refractivity contribution in [1.29, 1.82) is 0 Å². The highest BCUT2D eigenvalue weighted by Gasteiger charge is 2.27. The van der Waals surface area contributed by atoms with Gasteiger partial charge in [-0.1, -0.05) is 32.0 Å². The summed E-state index contributed by atoms with van der Waals surface area (Å²) in [6.07, 6.45) is 3.13. The molecule has 1 aromatic carbocycles. The van der Waals surface area contributed by atoms with Crippen LogP contribution in [-0.4, -0.2) is 40.9 Å². The second kappa shape index (κ2) is 10.9. The van der Waals surface area contributed by atoms with Crippen LogP contribution in [0.15, 0.2) is 42.7 Å². The molecular weight excluding hydrogens is 456 g/mol. The van der Waals surface area contributed by atoms with Crippen molar-refractivity contribution in [2.24, 2.45) is 7.05 Å². The number of amides is 1. The summed E-state index contributed by atoms with van der Waals surface area (Å²) in [6, 6.07) is 9.55. The first-order valence-corrected chi connectivity index (χ1v) is 12.1. The molecule has 0 aliphatic heterocycles. The maximum atomic E-state index is 13.4. The van der Waals surface area contributed by atoms with Gasteiger partial charge in [-0.25, -0.2) is 14.8 Å². The van der Waals surface area contributed by atoms with Crippen LogP contribution < -0.4 is 4.90 Å². The van der Waals surface area contributed by atoms with Crippen LogP contribution in [0.1, 0.15) is 57.1 Å². The van der Waals surface area contributed by atoms with E-state index in [1.54, 1.807) is 16.8 Å². The van der Waals surface area contributed by atoms with E-state index in [4.69, 9.17) is 4.74 Å². The molecule has 1 amide bonds. The Kier molecular flexibility index (Phi) is 8.14. The number of hydrogen-bond acceptors (Lipinski definition) is 6. The van der Waals surface area contributed by atoms with Gasteiger partial charge < -0.3 is 14.4 Å². The molecule has 0 saturated heterocycles. The Morgan fingerprint density at radius 1 is 1.17 bits per heavy atom. The highest BCUT2D eigenvalue weighted by molar-refractivity contribution is 5.87. The quantitative estimate of drug-likeness (QED) is 0.411. The Morgan fingerprint density at radius 3 is 2.50 bits per heavy atom. The molecule has 9 nitrogen and oxygen atoms in total. The SMILES string of the molecule is CC.Cc1nn2c(N(Cc3cccc(-c4nccn4C)c3)C(=O)OC(C)(C)C)cc(CO)nc2c1C. The van der Waals surface area contributed by atoms with E-state index < -0.39 is 11.7 Å². The summed E-state index contributed by atoms with van der Waals surface area (Å²) in [6.45, 7) is 13.3. The molecule has 4 rings (SSSR count). The molecule has 0 aliphatic carbocycles. The predicted octanol–water partition coefficient (Wildman–Crippen LogP) is 5.21. The molecule has 192 valence electrons. The van der Waals surface area contributed by atoms with Gasteiger partial charge in [-0.15, -0.1) is 0 Å². The van der Waals surface area contributed by atoms with E-state index >= 15 is 0 Å². The van der Waals surface area contributed by atoms with Gasteiger partial charge >= 0.3 is 6.09 Å². The van der Waals surface area contributed by atoms with Gasteiger partial charge in [-0.05, 0) is 46.2 Å². The largest absolute Gasteiger partial charge is 0.443 e. The lowest BCUT2D eigenvalue weighted by Crippen LogP contribution is -2.37. The number of aliphatic hydroxyl groups is 1. The first-order chi connectivity index (χ1) is 17.1. The van der Waals surface area contributed by atoms with E-state index in [1.807, 2.05) is 90.5 Å². The fraction of sp³-hybridized carbons (Fsp3) is 0.407. The number of nitrogens with zero attached hydrogens (tertiary/aromatic N) is 6. The lowest BCUT2D eigenvalue weighted by Gasteiger charge is -2.28. The number of carbonyl (C=O) groups is 1. The van der Waals surface area contributed by atoms with E-state index in [9.17, 15) is 9.90 Å². The highest BCUT2D eigenvalue weighted by Crippen LogP contribution is 2.26. The van der Waals surface area contributed by atoms with E-state index in [1.165, 1.54) is 4.90 Å². The molecule has 36 heavy (non-hydrogen) atoms. The van der Waals surface area contributed by atoms with Gasteiger partial charge in [0.2, 0.25) is 0 Å². The molecule has 0 spiro atoms. The van der Waals surface area contributed by atoms with Crippen molar-refractivity contribution in [1.82, 2.24) is 24.1 Å². The Bertz CT molecular complexity index is 1350. The third-order valence-electron chi connectivity index (χ3n) is 5.49. The number of imidazole rings is 1. The molecule has 0 atom stereocenters. The van der Waals surface area contributed by atoms with Crippen molar-refractivity contribution < 1.29 is 14.6 Å². The van der Waals surface area contributed by atoms with E-state index in [0.717, 1.165) is 28.2 Å². The first-order valence-electron chi connectivity index (χ1n) is 12.1. The van der Waals surface area contributed by atoms with Gasteiger partial charge in [0.25, 0.3) is 0 Å². The fourth-order valence-electron chi connectivity index (χ4n) is 3.73. The van der Waals surface area contributed by atoms with Crippen LogP contribution in [0.4, 0.5) is 10.6 Å². The Labute approximate surface area is 212 Å². The molecule has 0 aliphatic rings. The average Bonchev–Trinajstić information content (AvgIpc) is 3.40. The Hall–Kier alpha value is -3.72. The molecule has 9 heteroatoms. The average molecular weight is 493 g/mol. The Balaban J connectivity index is 0.00000176. The number of carbonyl (C=O) groups excluding carboxylic acids is 1. The monoisotopic (exact) mass is 492 g/mol. The van der Waals surface area contributed by atoms with Crippen LogP contribution in [0.2, 0.25) is 0 Å². The maximum absolute atomic E-state index is 13.4. The fourth-order valence-corrected chi connectivity index (χ4v) is 3.73. The number of hydrogen-bond donors (Lipinski definition) is 1. The van der Waals surface area contributed by atoms with Crippen LogP contribution in [0.3, 0.4) is 0 Å². The summed E-state index contributed by atoms with van der Waals surface area (Å²) in [5.41, 5.74) is 3.86. The lowest BCUT2D eigenvalue weighted by molar-refractivity contribution is 0.0575. The first kappa shape index (κ1) is 26.9. The maximum Gasteiger partial charge on any atom is 0.416 e. The number of aromatic nitrogens is 5. The van der Waals surface area contributed by atoms with Gasteiger partial charge in [0.1, 0.15) is 17.2 Å². The van der Waals surface area contributed by atoms with E-state index in [-0.39, 0.29) is 13.2 Å². The summed E-state index contributed by atoms with van der Waals surface area (Å²) in [4.78, 5) is 23.9. The van der Waals surface area contributed by atoms with E-state index in [0.29, 0.717) is 17.2 Å². The molecule has 0 fully saturated rings. The molecule has 4 aromatic rings. The van der Waals surface area contributed by atoms with Crippen LogP contribution in [0, 0.1) is 13.8 Å². The minimum absolute atomic E-state index is 0.231. The zero-order valence-electron chi connectivity index (χ0n) is 22.4. The smallest absolute Gasteiger partial charge is 0.416 e. The molecule has 3 heterocycles. The van der Waals surface area contributed by atoms with Crippen molar-refractivity contribution in [3.63, 3.8) is 0 Å².